The van der Waals surface area contributed by atoms with Crippen molar-refractivity contribution in [2.75, 3.05) is 26.7 Å². The van der Waals surface area contributed by atoms with E-state index in [1.807, 2.05) is 0 Å². The maximum absolute atomic E-state index is 11.8. The lowest BCUT2D eigenvalue weighted by Gasteiger charge is -2.33. The van der Waals surface area contributed by atoms with Crippen LogP contribution in [0.25, 0.3) is 0 Å². The number of hydrogen-bond donors (Lipinski definition) is 0. The largest absolute Gasteiger partial charge is 0.335 e. The Bertz CT molecular complexity index is 398. The Morgan fingerprint density at radius 1 is 1.29 bits per heavy atom. The van der Waals surface area contributed by atoms with Gasteiger partial charge >= 0.3 is 0 Å². The summed E-state index contributed by atoms with van der Waals surface area (Å²) in [5, 5.41) is 0. The van der Waals surface area contributed by atoms with Gasteiger partial charge in [0.25, 0.3) is 0 Å². The Hall–Kier alpha value is -1.58. The lowest BCUT2D eigenvalue weighted by atomic mass is 9.96. The number of carbonyl (C=O) groups excluding carboxylic acids is 2. The molecule has 0 N–H and O–H groups in total. The van der Waals surface area contributed by atoms with E-state index in [4.69, 9.17) is 0 Å². The van der Waals surface area contributed by atoms with Crippen LogP contribution in [0.15, 0.2) is 23.8 Å². The van der Waals surface area contributed by atoms with Gasteiger partial charge in [0, 0.05) is 13.6 Å². The summed E-state index contributed by atoms with van der Waals surface area (Å²) in [5.74, 6) is 0.418. The standard InChI is InChI=1S/C13H18N2O2/c1-10-3-5-11(6-4-10)7-15-9-12(16)14(2)8-13(15)17/h3-5,11H,6-9H2,1-2H3. The molecule has 1 unspecified atom stereocenters. The molecule has 1 atom stereocenters. The van der Waals surface area contributed by atoms with Gasteiger partial charge in [0.15, 0.2) is 0 Å². The number of rotatable bonds is 2. The normalized spacial score (nSPS) is 25.3. The number of likely N-dealkylation sites (N-methyl/N-ethyl adjacent to an activating group) is 1. The quantitative estimate of drug-likeness (QED) is 0.709. The van der Waals surface area contributed by atoms with Crippen LogP contribution in [0.1, 0.15) is 13.3 Å². The molecule has 0 saturated carbocycles. The van der Waals surface area contributed by atoms with Crippen LogP contribution in [-0.2, 0) is 9.59 Å². The number of allylic oxidation sites excluding steroid dienone is 3. The second-order valence-corrected chi connectivity index (χ2v) is 4.83. The fourth-order valence-electron chi connectivity index (χ4n) is 2.12. The highest BCUT2D eigenvalue weighted by Gasteiger charge is 2.28. The molecule has 0 aromatic heterocycles. The molecule has 17 heavy (non-hydrogen) atoms. The Morgan fingerprint density at radius 2 is 2.06 bits per heavy atom. The fraction of sp³-hybridized carbons (Fsp3) is 0.538. The van der Waals surface area contributed by atoms with Gasteiger partial charge in [-0.15, -0.1) is 0 Å². The lowest BCUT2D eigenvalue weighted by molar-refractivity contribution is -0.149. The first-order valence-electron chi connectivity index (χ1n) is 5.93. The summed E-state index contributed by atoms with van der Waals surface area (Å²) >= 11 is 0. The van der Waals surface area contributed by atoms with Crippen molar-refractivity contribution < 1.29 is 9.59 Å². The number of amides is 2. The van der Waals surface area contributed by atoms with E-state index in [1.54, 1.807) is 11.9 Å². The topological polar surface area (TPSA) is 40.6 Å². The van der Waals surface area contributed by atoms with E-state index in [9.17, 15) is 9.59 Å². The van der Waals surface area contributed by atoms with E-state index >= 15 is 0 Å². The van der Waals surface area contributed by atoms with Crippen LogP contribution in [0.2, 0.25) is 0 Å². The Labute approximate surface area is 102 Å². The first kappa shape index (κ1) is 11.9. The van der Waals surface area contributed by atoms with Crippen molar-refractivity contribution >= 4 is 11.8 Å². The SMILES string of the molecule is CC1=CCC(CN2CC(=O)N(C)CC2=O)C=C1. The van der Waals surface area contributed by atoms with Gasteiger partial charge in [-0.25, -0.2) is 0 Å². The zero-order valence-corrected chi connectivity index (χ0v) is 10.3. The van der Waals surface area contributed by atoms with E-state index in [-0.39, 0.29) is 24.9 Å². The van der Waals surface area contributed by atoms with Gasteiger partial charge in [-0.3, -0.25) is 9.59 Å². The molecule has 1 fully saturated rings. The summed E-state index contributed by atoms with van der Waals surface area (Å²) in [6.45, 7) is 3.16. The highest BCUT2D eigenvalue weighted by atomic mass is 16.2. The molecule has 2 aliphatic rings. The van der Waals surface area contributed by atoms with Crippen LogP contribution in [0.3, 0.4) is 0 Å². The van der Waals surface area contributed by atoms with Crippen LogP contribution in [0.5, 0.6) is 0 Å². The number of piperazine rings is 1. The minimum Gasteiger partial charge on any atom is -0.335 e. The zero-order chi connectivity index (χ0) is 12.4. The van der Waals surface area contributed by atoms with E-state index < -0.39 is 0 Å². The minimum atomic E-state index is 0.0242. The van der Waals surface area contributed by atoms with E-state index in [2.05, 4.69) is 25.2 Å². The third-order valence-corrected chi connectivity index (χ3v) is 3.31. The third kappa shape index (κ3) is 2.75. The van der Waals surface area contributed by atoms with Gasteiger partial charge in [0.2, 0.25) is 11.8 Å². The molecule has 1 heterocycles. The molecular weight excluding hydrogens is 216 g/mol. The van der Waals surface area contributed by atoms with Crippen molar-refractivity contribution in [3.63, 3.8) is 0 Å². The summed E-state index contributed by atoms with van der Waals surface area (Å²) < 4.78 is 0. The van der Waals surface area contributed by atoms with Crippen molar-refractivity contribution in [2.45, 2.75) is 13.3 Å². The van der Waals surface area contributed by atoms with Gasteiger partial charge in [0.1, 0.15) is 0 Å². The average Bonchev–Trinajstić information content (AvgIpc) is 2.29. The van der Waals surface area contributed by atoms with Crippen LogP contribution in [0.4, 0.5) is 0 Å². The van der Waals surface area contributed by atoms with Crippen LogP contribution in [-0.4, -0.2) is 48.3 Å². The molecule has 2 amide bonds. The lowest BCUT2D eigenvalue weighted by Crippen LogP contribution is -2.53. The summed E-state index contributed by atoms with van der Waals surface area (Å²) in [6, 6.07) is 0. The maximum Gasteiger partial charge on any atom is 0.242 e. The number of nitrogens with zero attached hydrogens (tertiary/aromatic N) is 2. The van der Waals surface area contributed by atoms with E-state index in [0.717, 1.165) is 6.42 Å². The molecular formula is C13H18N2O2. The molecule has 0 spiro atoms. The third-order valence-electron chi connectivity index (χ3n) is 3.31. The van der Waals surface area contributed by atoms with Crippen LogP contribution in [0, 0.1) is 5.92 Å². The Morgan fingerprint density at radius 3 is 2.71 bits per heavy atom. The highest BCUT2D eigenvalue weighted by Crippen LogP contribution is 2.18. The van der Waals surface area contributed by atoms with Gasteiger partial charge in [-0.1, -0.05) is 23.8 Å². The van der Waals surface area contributed by atoms with Crippen molar-refractivity contribution in [1.29, 1.82) is 0 Å². The monoisotopic (exact) mass is 234 g/mol. The predicted octanol–water partition coefficient (Wildman–Crippen LogP) is 0.809. The molecule has 0 radical (unpaired) electrons. The summed E-state index contributed by atoms with van der Waals surface area (Å²) in [7, 11) is 1.67. The average molecular weight is 234 g/mol. The molecule has 4 nitrogen and oxygen atoms in total. The van der Waals surface area contributed by atoms with Crippen LogP contribution >= 0.6 is 0 Å². The maximum atomic E-state index is 11.8. The first-order chi connectivity index (χ1) is 8.06. The Balaban J connectivity index is 1.93. The van der Waals surface area contributed by atoms with Crippen molar-refractivity contribution in [3.8, 4) is 0 Å². The first-order valence-corrected chi connectivity index (χ1v) is 5.93. The number of hydrogen-bond acceptors (Lipinski definition) is 2. The summed E-state index contributed by atoms with van der Waals surface area (Å²) in [6.07, 6.45) is 7.34. The van der Waals surface area contributed by atoms with Gasteiger partial charge in [0.05, 0.1) is 13.1 Å². The summed E-state index contributed by atoms with van der Waals surface area (Å²) in [4.78, 5) is 26.5. The van der Waals surface area contributed by atoms with Crippen molar-refractivity contribution in [1.82, 2.24) is 9.80 Å². The predicted molar refractivity (Wildman–Crippen MR) is 65.2 cm³/mol. The van der Waals surface area contributed by atoms with E-state index in [1.165, 1.54) is 10.5 Å². The minimum absolute atomic E-state index is 0.0242. The molecule has 4 heteroatoms. The highest BCUT2D eigenvalue weighted by molar-refractivity contribution is 5.92. The van der Waals surface area contributed by atoms with Gasteiger partial charge < -0.3 is 9.80 Å². The molecule has 2 rings (SSSR count). The van der Waals surface area contributed by atoms with Gasteiger partial charge in [-0.2, -0.15) is 0 Å². The molecule has 0 aromatic carbocycles. The van der Waals surface area contributed by atoms with Gasteiger partial charge in [-0.05, 0) is 19.3 Å². The van der Waals surface area contributed by atoms with Crippen molar-refractivity contribution in [2.24, 2.45) is 5.92 Å². The number of carbonyl (C=O) groups is 2. The molecule has 0 aromatic rings. The zero-order valence-electron chi connectivity index (χ0n) is 10.3. The molecule has 92 valence electrons. The molecule has 1 aliphatic carbocycles. The molecule has 1 aliphatic heterocycles. The molecule has 1 saturated heterocycles. The fourth-order valence-corrected chi connectivity index (χ4v) is 2.12. The van der Waals surface area contributed by atoms with Crippen LogP contribution < -0.4 is 0 Å². The second kappa shape index (κ2) is 4.73. The summed E-state index contributed by atoms with van der Waals surface area (Å²) in [5.41, 5.74) is 1.27. The second-order valence-electron chi connectivity index (χ2n) is 4.83. The Kier molecular flexibility index (Phi) is 3.31. The van der Waals surface area contributed by atoms with Crippen molar-refractivity contribution in [3.05, 3.63) is 23.8 Å². The molecule has 0 bridgehead atoms. The smallest absolute Gasteiger partial charge is 0.242 e. The van der Waals surface area contributed by atoms with E-state index in [0.29, 0.717) is 12.5 Å².